The van der Waals surface area contributed by atoms with E-state index in [1.165, 1.54) is 17.0 Å². The fourth-order valence-electron chi connectivity index (χ4n) is 2.84. The number of amides is 1. The summed E-state index contributed by atoms with van der Waals surface area (Å²) >= 11 is 0. The number of aromatic nitrogens is 1. The zero-order chi connectivity index (χ0) is 18.5. The van der Waals surface area contributed by atoms with Gasteiger partial charge in [-0.25, -0.2) is 9.59 Å². The molecule has 1 aliphatic rings. The van der Waals surface area contributed by atoms with E-state index in [9.17, 15) is 19.8 Å². The number of hydrogen-bond donors (Lipinski definition) is 2. The Morgan fingerprint density at radius 2 is 1.73 bits per heavy atom. The SMILES string of the molecule is O=C(On1c(O)ccc1O)C1CCCCN1C(=O)OCc1ccccc1. The van der Waals surface area contributed by atoms with Crippen LogP contribution in [-0.4, -0.2) is 44.5 Å². The maximum Gasteiger partial charge on any atom is 0.410 e. The van der Waals surface area contributed by atoms with Crippen LogP contribution in [-0.2, 0) is 16.1 Å². The second-order valence-corrected chi connectivity index (χ2v) is 6.00. The summed E-state index contributed by atoms with van der Waals surface area (Å²) < 4.78 is 5.92. The normalized spacial score (nSPS) is 16.9. The number of carbonyl (C=O) groups is 2. The fraction of sp³-hybridized carbons (Fsp3) is 0.333. The van der Waals surface area contributed by atoms with Gasteiger partial charge in [0.1, 0.15) is 12.6 Å². The van der Waals surface area contributed by atoms with Crippen LogP contribution in [0.3, 0.4) is 0 Å². The Morgan fingerprint density at radius 3 is 2.42 bits per heavy atom. The average molecular weight is 360 g/mol. The van der Waals surface area contributed by atoms with Gasteiger partial charge >= 0.3 is 12.1 Å². The third-order valence-electron chi connectivity index (χ3n) is 4.19. The van der Waals surface area contributed by atoms with Crippen LogP contribution in [0.1, 0.15) is 24.8 Å². The molecular weight excluding hydrogens is 340 g/mol. The van der Waals surface area contributed by atoms with Crippen LogP contribution in [0.2, 0.25) is 0 Å². The minimum absolute atomic E-state index is 0.108. The average Bonchev–Trinajstić information content (AvgIpc) is 2.99. The third kappa shape index (κ3) is 3.90. The monoisotopic (exact) mass is 360 g/mol. The van der Waals surface area contributed by atoms with E-state index in [4.69, 9.17) is 9.57 Å². The van der Waals surface area contributed by atoms with Crippen molar-refractivity contribution in [1.29, 1.82) is 0 Å². The Hall–Kier alpha value is -3.16. The highest BCUT2D eigenvalue weighted by Crippen LogP contribution is 2.22. The Labute approximate surface area is 150 Å². The molecule has 1 atom stereocenters. The lowest BCUT2D eigenvalue weighted by atomic mass is 10.0. The molecule has 1 aliphatic heterocycles. The molecule has 1 aromatic heterocycles. The van der Waals surface area contributed by atoms with Gasteiger partial charge in [0.05, 0.1) is 0 Å². The lowest BCUT2D eigenvalue weighted by molar-refractivity contribution is -0.152. The molecule has 26 heavy (non-hydrogen) atoms. The molecule has 8 nitrogen and oxygen atoms in total. The van der Waals surface area contributed by atoms with E-state index in [1.54, 1.807) is 0 Å². The van der Waals surface area contributed by atoms with E-state index in [0.29, 0.717) is 17.7 Å². The lowest BCUT2D eigenvalue weighted by Gasteiger charge is -2.32. The quantitative estimate of drug-likeness (QED) is 0.865. The van der Waals surface area contributed by atoms with Crippen molar-refractivity contribution in [3.63, 3.8) is 0 Å². The molecular formula is C18H20N2O6. The second-order valence-electron chi connectivity index (χ2n) is 6.00. The Morgan fingerprint density at radius 1 is 1.04 bits per heavy atom. The van der Waals surface area contributed by atoms with Crippen molar-refractivity contribution in [2.45, 2.75) is 31.9 Å². The third-order valence-corrected chi connectivity index (χ3v) is 4.19. The lowest BCUT2D eigenvalue weighted by Crippen LogP contribution is -2.50. The molecule has 8 heteroatoms. The predicted octanol–water partition coefficient (Wildman–Crippen LogP) is 2.05. The maximum atomic E-state index is 12.4. The largest absolute Gasteiger partial charge is 0.492 e. The van der Waals surface area contributed by atoms with Crippen molar-refractivity contribution in [2.75, 3.05) is 6.54 Å². The molecule has 2 aromatic rings. The predicted molar refractivity (Wildman–Crippen MR) is 90.3 cm³/mol. The summed E-state index contributed by atoms with van der Waals surface area (Å²) in [6.07, 6.45) is 1.33. The van der Waals surface area contributed by atoms with Crippen LogP contribution in [0.15, 0.2) is 42.5 Å². The van der Waals surface area contributed by atoms with Crippen LogP contribution < -0.4 is 4.84 Å². The molecule has 3 rings (SSSR count). The highest BCUT2D eigenvalue weighted by molar-refractivity contribution is 5.82. The molecule has 0 saturated carbocycles. The van der Waals surface area contributed by atoms with Gasteiger partial charge in [0.2, 0.25) is 11.8 Å². The topological polar surface area (TPSA) is 101 Å². The molecule has 138 valence electrons. The first kappa shape index (κ1) is 17.7. The van der Waals surface area contributed by atoms with Gasteiger partial charge in [-0.2, -0.15) is 0 Å². The van der Waals surface area contributed by atoms with Crippen LogP contribution >= 0.6 is 0 Å². The molecule has 1 saturated heterocycles. The fourth-order valence-corrected chi connectivity index (χ4v) is 2.84. The smallest absolute Gasteiger partial charge is 0.410 e. The summed E-state index contributed by atoms with van der Waals surface area (Å²) in [4.78, 5) is 31.2. The molecule has 0 radical (unpaired) electrons. The Kier molecular flexibility index (Phi) is 5.31. The zero-order valence-electron chi connectivity index (χ0n) is 14.1. The van der Waals surface area contributed by atoms with Crippen molar-refractivity contribution in [1.82, 2.24) is 9.63 Å². The van der Waals surface area contributed by atoms with Gasteiger partial charge in [-0.3, -0.25) is 4.90 Å². The number of ether oxygens (including phenoxy) is 1. The summed E-state index contributed by atoms with van der Waals surface area (Å²) in [6, 6.07) is 10.8. The van der Waals surface area contributed by atoms with Crippen LogP contribution in [0.4, 0.5) is 4.79 Å². The number of carbonyl (C=O) groups excluding carboxylic acids is 2. The molecule has 1 amide bonds. The van der Waals surface area contributed by atoms with Crippen molar-refractivity contribution in [3.8, 4) is 11.8 Å². The van der Waals surface area contributed by atoms with Crippen LogP contribution in [0, 0.1) is 0 Å². The molecule has 2 heterocycles. The highest BCUT2D eigenvalue weighted by Gasteiger charge is 2.35. The van der Waals surface area contributed by atoms with Gasteiger partial charge in [0.25, 0.3) is 0 Å². The van der Waals surface area contributed by atoms with Crippen molar-refractivity contribution in [3.05, 3.63) is 48.0 Å². The van der Waals surface area contributed by atoms with Gasteiger partial charge in [-0.1, -0.05) is 30.3 Å². The first-order valence-corrected chi connectivity index (χ1v) is 8.35. The zero-order valence-corrected chi connectivity index (χ0v) is 14.1. The van der Waals surface area contributed by atoms with E-state index in [0.717, 1.165) is 18.4 Å². The second kappa shape index (κ2) is 7.81. The summed E-state index contributed by atoms with van der Waals surface area (Å²) in [5.41, 5.74) is 0.846. The Bertz CT molecular complexity index is 754. The number of aromatic hydroxyl groups is 2. The standard InChI is InChI=1S/C18H20N2O6/c21-15-9-10-16(22)20(15)26-17(23)14-8-4-5-11-19(14)18(24)25-12-13-6-2-1-3-7-13/h1-3,6-7,9-10,14,21-22H,4-5,8,11-12H2. The van der Waals surface area contributed by atoms with Gasteiger partial charge in [-0.05, 0) is 24.8 Å². The molecule has 2 N–H and O–H groups in total. The van der Waals surface area contributed by atoms with Gasteiger partial charge in [0.15, 0.2) is 0 Å². The van der Waals surface area contributed by atoms with Crippen LogP contribution in [0.25, 0.3) is 0 Å². The number of hydrogen-bond acceptors (Lipinski definition) is 6. The number of piperidine rings is 1. The number of likely N-dealkylation sites (tertiary alicyclic amines) is 1. The van der Waals surface area contributed by atoms with Crippen LogP contribution in [0.5, 0.6) is 11.8 Å². The van der Waals surface area contributed by atoms with Crippen molar-refractivity contribution < 1.29 is 29.4 Å². The van der Waals surface area contributed by atoms with Gasteiger partial charge in [0, 0.05) is 18.7 Å². The molecule has 1 aromatic carbocycles. The number of nitrogens with zero attached hydrogens (tertiary/aromatic N) is 2. The van der Waals surface area contributed by atoms with Crippen molar-refractivity contribution >= 4 is 12.1 Å². The summed E-state index contributed by atoms with van der Waals surface area (Å²) in [5, 5.41) is 19.2. The van der Waals surface area contributed by atoms with E-state index < -0.39 is 29.9 Å². The number of rotatable bonds is 4. The highest BCUT2D eigenvalue weighted by atomic mass is 16.7. The summed E-state index contributed by atoms with van der Waals surface area (Å²) in [7, 11) is 0. The van der Waals surface area contributed by atoms with Gasteiger partial charge < -0.3 is 19.8 Å². The summed E-state index contributed by atoms with van der Waals surface area (Å²) in [5.74, 6) is -1.57. The first-order valence-electron chi connectivity index (χ1n) is 8.35. The van der Waals surface area contributed by atoms with E-state index >= 15 is 0 Å². The van der Waals surface area contributed by atoms with Gasteiger partial charge in [-0.15, -0.1) is 4.73 Å². The maximum absolute atomic E-state index is 12.4. The molecule has 0 spiro atoms. The minimum atomic E-state index is -0.840. The van der Waals surface area contributed by atoms with E-state index in [1.807, 2.05) is 30.3 Å². The molecule has 1 fully saturated rings. The summed E-state index contributed by atoms with van der Waals surface area (Å²) in [6.45, 7) is 0.480. The Balaban J connectivity index is 1.65. The molecule has 0 aliphatic carbocycles. The first-order chi connectivity index (χ1) is 12.6. The molecule has 1 unspecified atom stereocenters. The van der Waals surface area contributed by atoms with E-state index in [-0.39, 0.29) is 6.61 Å². The number of benzene rings is 1. The van der Waals surface area contributed by atoms with E-state index in [2.05, 4.69) is 0 Å². The minimum Gasteiger partial charge on any atom is -0.492 e. The molecule has 0 bridgehead atoms. The van der Waals surface area contributed by atoms with Crippen molar-refractivity contribution in [2.24, 2.45) is 0 Å².